The van der Waals surface area contributed by atoms with Crippen molar-refractivity contribution in [3.63, 3.8) is 0 Å². The largest absolute Gasteiger partial charge is 0.480 e. The van der Waals surface area contributed by atoms with Gasteiger partial charge in [0.05, 0.1) is 4.47 Å². The maximum absolute atomic E-state index is 12.4. The lowest BCUT2D eigenvalue weighted by molar-refractivity contribution is -0.140. The number of carbonyl (C=O) groups excluding carboxylic acids is 1. The van der Waals surface area contributed by atoms with Crippen LogP contribution in [0.2, 0.25) is 0 Å². The number of hydrogen-bond donors (Lipinski definition) is 1. The number of benzene rings is 1. The SMILES string of the molecule is Cc1ccc(OC(C)C(=O)N2CCNCC2C)c(Br)c1.Cl. The van der Waals surface area contributed by atoms with Gasteiger partial charge in [0.1, 0.15) is 5.75 Å². The van der Waals surface area contributed by atoms with Gasteiger partial charge in [-0.25, -0.2) is 0 Å². The molecule has 1 N–H and O–H groups in total. The third-order valence-corrected chi connectivity index (χ3v) is 4.14. The zero-order chi connectivity index (χ0) is 14.7. The van der Waals surface area contributed by atoms with Crippen molar-refractivity contribution < 1.29 is 9.53 Å². The van der Waals surface area contributed by atoms with Gasteiger partial charge in [-0.05, 0) is 54.4 Å². The molecular weight excluding hydrogens is 356 g/mol. The smallest absolute Gasteiger partial charge is 0.263 e. The van der Waals surface area contributed by atoms with E-state index in [4.69, 9.17) is 4.74 Å². The average Bonchev–Trinajstić information content (AvgIpc) is 2.41. The summed E-state index contributed by atoms with van der Waals surface area (Å²) in [5.41, 5.74) is 1.15. The Hall–Kier alpha value is -0.780. The summed E-state index contributed by atoms with van der Waals surface area (Å²) in [7, 11) is 0. The molecule has 0 bridgehead atoms. The molecule has 2 atom stereocenters. The van der Waals surface area contributed by atoms with E-state index < -0.39 is 6.10 Å². The van der Waals surface area contributed by atoms with Crippen LogP contribution in [0.25, 0.3) is 0 Å². The fourth-order valence-corrected chi connectivity index (χ4v) is 2.93. The van der Waals surface area contributed by atoms with Crippen LogP contribution >= 0.6 is 28.3 Å². The standard InChI is InChI=1S/C15H21BrN2O2.ClH/c1-10-4-5-14(13(16)8-10)20-12(3)15(19)18-7-6-17-9-11(18)2;/h4-5,8,11-12,17H,6-7,9H2,1-3H3;1H. The van der Waals surface area contributed by atoms with Crippen LogP contribution in [-0.4, -0.2) is 42.6 Å². The third-order valence-electron chi connectivity index (χ3n) is 3.52. The van der Waals surface area contributed by atoms with Gasteiger partial charge in [0, 0.05) is 25.7 Å². The van der Waals surface area contributed by atoms with Crippen molar-refractivity contribution in [2.24, 2.45) is 0 Å². The first-order chi connectivity index (χ1) is 9.49. The number of nitrogens with zero attached hydrogens (tertiary/aromatic N) is 1. The summed E-state index contributed by atoms with van der Waals surface area (Å²) < 4.78 is 6.69. The number of carbonyl (C=O) groups is 1. The molecule has 2 unspecified atom stereocenters. The Kier molecular flexibility index (Phi) is 6.97. The summed E-state index contributed by atoms with van der Waals surface area (Å²) in [6.07, 6.45) is -0.477. The van der Waals surface area contributed by atoms with E-state index in [9.17, 15) is 4.79 Å². The number of halogens is 2. The van der Waals surface area contributed by atoms with E-state index >= 15 is 0 Å². The lowest BCUT2D eigenvalue weighted by Gasteiger charge is -2.35. The molecule has 118 valence electrons. The molecule has 2 rings (SSSR count). The first kappa shape index (κ1) is 18.3. The third kappa shape index (κ3) is 4.59. The fourth-order valence-electron chi connectivity index (χ4n) is 2.34. The lowest BCUT2D eigenvalue weighted by atomic mass is 10.2. The highest BCUT2D eigenvalue weighted by Gasteiger charge is 2.28. The fraction of sp³-hybridized carbons (Fsp3) is 0.533. The molecular formula is C15H22BrClN2O2. The summed E-state index contributed by atoms with van der Waals surface area (Å²) in [6, 6.07) is 6.07. The Morgan fingerprint density at radius 3 is 2.86 bits per heavy atom. The van der Waals surface area contributed by atoms with Crippen LogP contribution in [0.1, 0.15) is 19.4 Å². The predicted molar refractivity (Wildman–Crippen MR) is 90.3 cm³/mol. The second-order valence-corrected chi connectivity index (χ2v) is 6.13. The zero-order valence-electron chi connectivity index (χ0n) is 12.6. The molecule has 1 aromatic carbocycles. The molecule has 1 aliphatic heterocycles. The molecule has 1 saturated heterocycles. The lowest BCUT2D eigenvalue weighted by Crippen LogP contribution is -2.55. The number of piperazine rings is 1. The van der Waals surface area contributed by atoms with Gasteiger partial charge >= 0.3 is 0 Å². The van der Waals surface area contributed by atoms with Crippen molar-refractivity contribution in [3.05, 3.63) is 28.2 Å². The Morgan fingerprint density at radius 1 is 1.52 bits per heavy atom. The molecule has 0 saturated carbocycles. The Morgan fingerprint density at radius 2 is 2.24 bits per heavy atom. The second-order valence-electron chi connectivity index (χ2n) is 5.28. The van der Waals surface area contributed by atoms with Crippen LogP contribution in [0, 0.1) is 6.92 Å². The topological polar surface area (TPSA) is 41.6 Å². The molecule has 6 heteroatoms. The van der Waals surface area contributed by atoms with Gasteiger partial charge in [-0.1, -0.05) is 6.07 Å². The normalized spacial score (nSPS) is 19.6. The van der Waals surface area contributed by atoms with E-state index in [1.807, 2.05) is 36.9 Å². The molecule has 1 amide bonds. The minimum Gasteiger partial charge on any atom is -0.480 e. The van der Waals surface area contributed by atoms with Gasteiger partial charge in [0.15, 0.2) is 6.10 Å². The summed E-state index contributed by atoms with van der Waals surface area (Å²) >= 11 is 3.47. The van der Waals surface area contributed by atoms with Gasteiger partial charge in [-0.3, -0.25) is 4.79 Å². The van der Waals surface area contributed by atoms with Gasteiger partial charge < -0.3 is 15.0 Å². The van der Waals surface area contributed by atoms with E-state index in [-0.39, 0.29) is 24.4 Å². The summed E-state index contributed by atoms with van der Waals surface area (Å²) in [6.45, 7) is 8.31. The van der Waals surface area contributed by atoms with Crippen LogP contribution in [-0.2, 0) is 4.79 Å². The average molecular weight is 378 g/mol. The van der Waals surface area contributed by atoms with Crippen molar-refractivity contribution in [1.82, 2.24) is 10.2 Å². The van der Waals surface area contributed by atoms with Crippen LogP contribution < -0.4 is 10.1 Å². The maximum atomic E-state index is 12.4. The number of amides is 1. The summed E-state index contributed by atoms with van der Waals surface area (Å²) in [5.74, 6) is 0.755. The molecule has 1 aliphatic rings. The highest BCUT2D eigenvalue weighted by molar-refractivity contribution is 9.10. The van der Waals surface area contributed by atoms with Crippen LogP contribution in [0.5, 0.6) is 5.75 Å². The molecule has 4 nitrogen and oxygen atoms in total. The number of rotatable bonds is 3. The zero-order valence-corrected chi connectivity index (χ0v) is 15.0. The first-order valence-electron chi connectivity index (χ1n) is 6.93. The number of nitrogens with one attached hydrogen (secondary N) is 1. The molecule has 0 aromatic heterocycles. The highest BCUT2D eigenvalue weighted by Crippen LogP contribution is 2.27. The van der Waals surface area contributed by atoms with Gasteiger partial charge in [-0.2, -0.15) is 0 Å². The molecule has 1 heterocycles. The van der Waals surface area contributed by atoms with Crippen molar-refractivity contribution >= 4 is 34.2 Å². The number of ether oxygens (including phenoxy) is 1. The van der Waals surface area contributed by atoms with Crippen LogP contribution in [0.3, 0.4) is 0 Å². The highest BCUT2D eigenvalue weighted by atomic mass is 79.9. The van der Waals surface area contributed by atoms with E-state index in [2.05, 4.69) is 28.2 Å². The molecule has 21 heavy (non-hydrogen) atoms. The van der Waals surface area contributed by atoms with Crippen molar-refractivity contribution in [1.29, 1.82) is 0 Å². The minimum atomic E-state index is -0.477. The maximum Gasteiger partial charge on any atom is 0.263 e. The quantitative estimate of drug-likeness (QED) is 0.880. The summed E-state index contributed by atoms with van der Waals surface area (Å²) in [4.78, 5) is 14.3. The Balaban J connectivity index is 0.00000220. The Labute approximate surface area is 140 Å². The van der Waals surface area contributed by atoms with Gasteiger partial charge in [0.25, 0.3) is 5.91 Å². The van der Waals surface area contributed by atoms with Gasteiger partial charge in [0.2, 0.25) is 0 Å². The number of aryl methyl sites for hydroxylation is 1. The van der Waals surface area contributed by atoms with E-state index in [0.29, 0.717) is 5.75 Å². The predicted octanol–water partition coefficient (Wildman–Crippen LogP) is 2.77. The first-order valence-corrected chi connectivity index (χ1v) is 7.72. The van der Waals surface area contributed by atoms with Crippen molar-refractivity contribution in [3.8, 4) is 5.75 Å². The molecule has 0 spiro atoms. The van der Waals surface area contributed by atoms with Crippen LogP contribution in [0.15, 0.2) is 22.7 Å². The molecule has 0 radical (unpaired) electrons. The van der Waals surface area contributed by atoms with Crippen molar-refractivity contribution in [2.45, 2.75) is 32.9 Å². The number of hydrogen-bond acceptors (Lipinski definition) is 3. The molecule has 1 fully saturated rings. The van der Waals surface area contributed by atoms with Crippen molar-refractivity contribution in [2.75, 3.05) is 19.6 Å². The summed E-state index contributed by atoms with van der Waals surface area (Å²) in [5, 5.41) is 3.28. The molecule has 0 aliphatic carbocycles. The second kappa shape index (κ2) is 8.01. The van der Waals surface area contributed by atoms with E-state index in [1.54, 1.807) is 0 Å². The molecule has 1 aromatic rings. The minimum absolute atomic E-state index is 0. The van der Waals surface area contributed by atoms with E-state index in [1.165, 1.54) is 0 Å². The van der Waals surface area contributed by atoms with E-state index in [0.717, 1.165) is 29.7 Å². The van der Waals surface area contributed by atoms with Crippen LogP contribution in [0.4, 0.5) is 0 Å². The van der Waals surface area contributed by atoms with Gasteiger partial charge in [-0.15, -0.1) is 12.4 Å². The monoisotopic (exact) mass is 376 g/mol. The Bertz CT molecular complexity index is 499.